The summed E-state index contributed by atoms with van der Waals surface area (Å²) in [4.78, 5) is 9.84. The average molecular weight is 453 g/mol. The lowest BCUT2D eigenvalue weighted by molar-refractivity contribution is -0.0312. The Kier molecular flexibility index (Phi) is 6.16. The van der Waals surface area contributed by atoms with Gasteiger partial charge in [0.05, 0.1) is 36.8 Å². The first-order valence-electron chi connectivity index (χ1n) is 12.3. The van der Waals surface area contributed by atoms with E-state index in [4.69, 9.17) is 14.8 Å². The Morgan fingerprint density at radius 3 is 2.82 bits per heavy atom. The van der Waals surface area contributed by atoms with E-state index in [0.717, 1.165) is 60.7 Å². The summed E-state index contributed by atoms with van der Waals surface area (Å²) < 4.78 is 7.59. The lowest BCUT2D eigenvalue weighted by Gasteiger charge is -2.41. The molecule has 3 aliphatic heterocycles. The highest BCUT2D eigenvalue weighted by Gasteiger charge is 2.37. The third-order valence-corrected chi connectivity index (χ3v) is 7.31. The van der Waals surface area contributed by atoms with Crippen LogP contribution in [0, 0.1) is 0 Å². The smallest absolute Gasteiger partial charge is 0.165 e. The van der Waals surface area contributed by atoms with Crippen LogP contribution < -0.4 is 10.2 Å². The number of nitrogens with zero attached hydrogens (tertiary/aromatic N) is 5. The molecule has 0 saturated carbocycles. The summed E-state index contributed by atoms with van der Waals surface area (Å²) in [6, 6.07) is 2.83. The third kappa shape index (κ3) is 4.27. The molecule has 2 aromatic heterocycles. The molecule has 0 aromatic carbocycles. The summed E-state index contributed by atoms with van der Waals surface area (Å²) in [7, 11) is 0. The molecule has 5 heterocycles. The summed E-state index contributed by atoms with van der Waals surface area (Å²) in [6.45, 7) is 11.4. The molecule has 1 atom stereocenters. The van der Waals surface area contributed by atoms with E-state index in [-0.39, 0.29) is 6.04 Å². The van der Waals surface area contributed by atoms with E-state index >= 15 is 0 Å². The summed E-state index contributed by atoms with van der Waals surface area (Å²) in [5.41, 5.74) is 1.87. The standard InChI is InChI=1S/C25H36N6O2/c1-18(2)29-11-7-25(32,8-12-29)22-15-23(30-13-14-33-17-19(30)3)28-24-21(22)16-27-31(24)20-5-4-9-26-10-6-20/h5-6,10,15-16,18-19,26,32H,4,7-9,11-14,17H2,1-3H3/t19-/m1/s1. The number of aromatic nitrogens is 3. The van der Waals surface area contributed by atoms with Crippen molar-refractivity contribution < 1.29 is 9.84 Å². The van der Waals surface area contributed by atoms with Crippen LogP contribution in [-0.4, -0.2) is 76.2 Å². The van der Waals surface area contributed by atoms with Gasteiger partial charge < -0.3 is 25.0 Å². The third-order valence-electron chi connectivity index (χ3n) is 7.31. The maximum absolute atomic E-state index is 11.9. The fraction of sp³-hybridized carbons (Fsp3) is 0.600. The molecule has 0 aliphatic carbocycles. The van der Waals surface area contributed by atoms with Gasteiger partial charge in [-0.05, 0) is 63.9 Å². The highest BCUT2D eigenvalue weighted by Crippen LogP contribution is 2.39. The van der Waals surface area contributed by atoms with Crippen LogP contribution in [-0.2, 0) is 10.3 Å². The number of allylic oxidation sites excluding steroid dienone is 2. The van der Waals surface area contributed by atoms with Gasteiger partial charge in [-0.3, -0.25) is 0 Å². The van der Waals surface area contributed by atoms with Gasteiger partial charge in [0.2, 0.25) is 0 Å². The van der Waals surface area contributed by atoms with Crippen LogP contribution in [0.1, 0.15) is 45.6 Å². The zero-order valence-corrected chi connectivity index (χ0v) is 20.0. The van der Waals surface area contributed by atoms with Crippen molar-refractivity contribution in [1.29, 1.82) is 0 Å². The molecule has 2 aromatic rings. The van der Waals surface area contributed by atoms with Gasteiger partial charge in [-0.15, -0.1) is 0 Å². The second-order valence-corrected chi connectivity index (χ2v) is 9.81. The Bertz CT molecular complexity index is 1050. The van der Waals surface area contributed by atoms with Gasteiger partial charge in [0, 0.05) is 37.6 Å². The van der Waals surface area contributed by atoms with Crippen LogP contribution >= 0.6 is 0 Å². The maximum Gasteiger partial charge on any atom is 0.165 e. The predicted molar refractivity (Wildman–Crippen MR) is 131 cm³/mol. The SMILES string of the molecule is CC(C)N1CCC(O)(c2cc(N3CCOC[C@H]3C)nc3c2cnn3C2=CCCNC=C2)CC1. The Morgan fingerprint density at radius 2 is 2.06 bits per heavy atom. The molecule has 8 nitrogen and oxygen atoms in total. The van der Waals surface area contributed by atoms with E-state index in [1.807, 2.05) is 23.2 Å². The van der Waals surface area contributed by atoms with Gasteiger partial charge >= 0.3 is 0 Å². The summed E-state index contributed by atoms with van der Waals surface area (Å²) in [6.07, 6.45) is 10.4. The average Bonchev–Trinajstić information content (AvgIpc) is 3.05. The lowest BCUT2D eigenvalue weighted by atomic mass is 9.83. The number of morpholine rings is 1. The Labute approximate surface area is 195 Å². The van der Waals surface area contributed by atoms with Gasteiger partial charge in [0.15, 0.2) is 5.65 Å². The molecule has 3 aliphatic rings. The Balaban J connectivity index is 1.62. The van der Waals surface area contributed by atoms with Crippen LogP contribution in [0.4, 0.5) is 5.82 Å². The minimum atomic E-state index is -0.889. The van der Waals surface area contributed by atoms with Crippen molar-refractivity contribution >= 4 is 22.5 Å². The van der Waals surface area contributed by atoms with Crippen LogP contribution in [0.25, 0.3) is 16.7 Å². The zero-order chi connectivity index (χ0) is 23.0. The quantitative estimate of drug-likeness (QED) is 0.738. The Hall–Kier alpha value is -2.42. The minimum Gasteiger partial charge on any atom is -0.391 e. The van der Waals surface area contributed by atoms with Crippen molar-refractivity contribution in [2.24, 2.45) is 0 Å². The van der Waals surface area contributed by atoms with Crippen LogP contribution in [0.2, 0.25) is 0 Å². The molecule has 8 heteroatoms. The van der Waals surface area contributed by atoms with E-state index in [1.54, 1.807) is 0 Å². The summed E-state index contributed by atoms with van der Waals surface area (Å²) >= 11 is 0. The first-order valence-corrected chi connectivity index (χ1v) is 12.3. The number of anilines is 1. The maximum atomic E-state index is 11.9. The van der Waals surface area contributed by atoms with Crippen molar-refractivity contribution in [3.8, 4) is 0 Å². The van der Waals surface area contributed by atoms with Gasteiger partial charge in [0.25, 0.3) is 0 Å². The molecule has 2 fully saturated rings. The number of likely N-dealkylation sites (tertiary alicyclic amines) is 1. The molecule has 5 rings (SSSR count). The molecular weight excluding hydrogens is 416 g/mol. The van der Waals surface area contributed by atoms with Crippen LogP contribution in [0.3, 0.4) is 0 Å². The number of aliphatic hydroxyl groups is 1. The topological polar surface area (TPSA) is 78.7 Å². The molecule has 0 bridgehead atoms. The molecule has 2 N–H and O–H groups in total. The van der Waals surface area contributed by atoms with Gasteiger partial charge in [-0.2, -0.15) is 5.10 Å². The van der Waals surface area contributed by atoms with Gasteiger partial charge in [-0.25, -0.2) is 9.67 Å². The molecule has 0 amide bonds. The van der Waals surface area contributed by atoms with Crippen molar-refractivity contribution in [3.05, 3.63) is 36.2 Å². The van der Waals surface area contributed by atoms with Crippen molar-refractivity contribution in [2.75, 3.05) is 44.3 Å². The van der Waals surface area contributed by atoms with Crippen molar-refractivity contribution in [1.82, 2.24) is 25.0 Å². The first-order chi connectivity index (χ1) is 16.0. The fourth-order valence-corrected chi connectivity index (χ4v) is 5.21. The van der Waals surface area contributed by atoms with E-state index in [2.05, 4.69) is 48.0 Å². The van der Waals surface area contributed by atoms with Crippen LogP contribution in [0.5, 0.6) is 0 Å². The normalized spacial score (nSPS) is 24.1. The molecule has 0 spiro atoms. The van der Waals surface area contributed by atoms with Gasteiger partial charge in [-0.1, -0.05) is 6.08 Å². The monoisotopic (exact) mass is 452 g/mol. The molecule has 178 valence electrons. The van der Waals surface area contributed by atoms with Crippen molar-refractivity contribution in [2.45, 2.75) is 57.7 Å². The number of piperidine rings is 1. The highest BCUT2D eigenvalue weighted by molar-refractivity contribution is 5.85. The molecule has 0 unspecified atom stereocenters. The second-order valence-electron chi connectivity index (χ2n) is 9.81. The van der Waals surface area contributed by atoms with E-state index in [9.17, 15) is 5.11 Å². The largest absolute Gasteiger partial charge is 0.391 e. The number of ether oxygens (including phenoxy) is 1. The lowest BCUT2D eigenvalue weighted by Crippen LogP contribution is -2.46. The number of nitrogens with one attached hydrogen (secondary N) is 1. The number of hydrogen-bond donors (Lipinski definition) is 2. The molecule has 2 saturated heterocycles. The number of hydrogen-bond acceptors (Lipinski definition) is 7. The van der Waals surface area contributed by atoms with Crippen molar-refractivity contribution in [3.63, 3.8) is 0 Å². The highest BCUT2D eigenvalue weighted by atomic mass is 16.5. The molecule has 0 radical (unpaired) electrons. The minimum absolute atomic E-state index is 0.228. The molecular formula is C25H36N6O2. The number of pyridine rings is 1. The number of fused-ring (bicyclic) bond motifs is 1. The van der Waals surface area contributed by atoms with Gasteiger partial charge in [0.1, 0.15) is 5.82 Å². The summed E-state index contributed by atoms with van der Waals surface area (Å²) in [5, 5.41) is 20.9. The van der Waals surface area contributed by atoms with E-state index < -0.39 is 5.60 Å². The number of rotatable bonds is 4. The molecule has 33 heavy (non-hydrogen) atoms. The van der Waals surface area contributed by atoms with E-state index in [0.29, 0.717) is 32.1 Å². The Morgan fingerprint density at radius 1 is 1.24 bits per heavy atom. The predicted octanol–water partition coefficient (Wildman–Crippen LogP) is 2.70. The first kappa shape index (κ1) is 22.4. The zero-order valence-electron chi connectivity index (χ0n) is 20.0. The van der Waals surface area contributed by atoms with E-state index in [1.165, 1.54) is 0 Å². The summed E-state index contributed by atoms with van der Waals surface area (Å²) in [5.74, 6) is 0.895. The van der Waals surface area contributed by atoms with Crippen LogP contribution in [0.15, 0.2) is 30.6 Å². The second kappa shape index (κ2) is 9.08. The fourth-order valence-electron chi connectivity index (χ4n) is 5.21.